The second kappa shape index (κ2) is 3.36. The van der Waals surface area contributed by atoms with Crippen LogP contribution in [-0.4, -0.2) is 4.98 Å². The van der Waals surface area contributed by atoms with E-state index in [1.165, 1.54) is 12.5 Å². The van der Waals surface area contributed by atoms with E-state index < -0.39 is 0 Å². The maximum atomic E-state index is 8.52. The van der Waals surface area contributed by atoms with Crippen LogP contribution in [0.1, 0.15) is 11.3 Å². The third-order valence-corrected chi connectivity index (χ3v) is 1.32. The summed E-state index contributed by atoms with van der Waals surface area (Å²) in [6.07, 6.45) is 2.87. The lowest BCUT2D eigenvalue weighted by atomic mass is 10.2. The summed E-state index contributed by atoms with van der Waals surface area (Å²) in [7, 11) is 0. The summed E-state index contributed by atoms with van der Waals surface area (Å²) >= 11 is 0. The Hall–Kier alpha value is -2.07. The van der Waals surface area contributed by atoms with Gasteiger partial charge in [-0.2, -0.15) is 5.26 Å². The average Bonchev–Trinajstić information content (AvgIpc) is 2.05. The highest BCUT2D eigenvalue weighted by Gasteiger charge is 2.00. The van der Waals surface area contributed by atoms with Crippen molar-refractivity contribution in [1.82, 2.24) is 4.98 Å². The van der Waals surface area contributed by atoms with Gasteiger partial charge in [0.05, 0.1) is 6.20 Å². The van der Waals surface area contributed by atoms with Gasteiger partial charge >= 0.3 is 0 Å². The topological polar surface area (TPSA) is 69.7 Å². The lowest BCUT2D eigenvalue weighted by Crippen LogP contribution is -1.90. The van der Waals surface area contributed by atoms with E-state index in [1.54, 1.807) is 13.0 Å². The highest BCUT2D eigenvalue weighted by atomic mass is 16.5. The van der Waals surface area contributed by atoms with Crippen molar-refractivity contribution in [3.63, 3.8) is 0 Å². The first-order valence-corrected chi connectivity index (χ1v) is 3.20. The summed E-state index contributed by atoms with van der Waals surface area (Å²) in [6.45, 7) is 1.73. The first-order valence-electron chi connectivity index (χ1n) is 3.20. The van der Waals surface area contributed by atoms with Gasteiger partial charge in [0.25, 0.3) is 6.26 Å². The van der Waals surface area contributed by atoms with E-state index in [0.29, 0.717) is 17.0 Å². The molecule has 0 saturated carbocycles. The molecule has 0 radical (unpaired) electrons. The van der Waals surface area contributed by atoms with Crippen LogP contribution >= 0.6 is 0 Å². The number of aryl methyl sites for hydroxylation is 1. The molecule has 0 atom stereocenters. The molecule has 12 heavy (non-hydrogen) atoms. The quantitative estimate of drug-likeness (QED) is 0.575. The second-order valence-corrected chi connectivity index (χ2v) is 2.14. The van der Waals surface area contributed by atoms with Crippen LogP contribution < -0.4 is 4.74 Å². The molecule has 0 saturated heterocycles. The standard InChI is InChI=1S/C8H5N3O/c1-6-2-7(12-5-10)4-11-8(6)3-9/h2,4H,1H3. The second-order valence-electron chi connectivity index (χ2n) is 2.14. The molecule has 0 aromatic carbocycles. The van der Waals surface area contributed by atoms with Gasteiger partial charge in [0, 0.05) is 0 Å². The average molecular weight is 159 g/mol. The normalized spacial score (nSPS) is 8.25. The van der Waals surface area contributed by atoms with Crippen molar-refractivity contribution in [1.29, 1.82) is 10.5 Å². The van der Waals surface area contributed by atoms with Crippen LogP contribution in [0.5, 0.6) is 5.75 Å². The Kier molecular flexibility index (Phi) is 2.25. The van der Waals surface area contributed by atoms with Crippen LogP contribution in [0.3, 0.4) is 0 Å². The maximum absolute atomic E-state index is 8.52. The van der Waals surface area contributed by atoms with Crippen molar-refractivity contribution < 1.29 is 4.74 Å². The number of hydrogen-bond acceptors (Lipinski definition) is 4. The van der Waals surface area contributed by atoms with E-state index in [-0.39, 0.29) is 0 Å². The molecule has 1 heterocycles. The fourth-order valence-electron chi connectivity index (χ4n) is 0.775. The van der Waals surface area contributed by atoms with Crippen LogP contribution in [0.2, 0.25) is 0 Å². The predicted octanol–water partition coefficient (Wildman–Crippen LogP) is 1.12. The molecule has 0 aliphatic heterocycles. The lowest BCUT2D eigenvalue weighted by molar-refractivity contribution is 0.504. The molecule has 0 spiro atoms. The summed E-state index contributed by atoms with van der Waals surface area (Å²) in [5.41, 5.74) is 1.05. The molecule has 1 aromatic heterocycles. The van der Waals surface area contributed by atoms with Gasteiger partial charge in [-0.1, -0.05) is 0 Å². The largest absolute Gasteiger partial charge is 0.386 e. The number of nitrogens with zero attached hydrogens (tertiary/aromatic N) is 3. The number of ether oxygens (including phenoxy) is 1. The smallest absolute Gasteiger partial charge is 0.292 e. The molecular weight excluding hydrogens is 154 g/mol. The van der Waals surface area contributed by atoms with Crippen LogP contribution in [-0.2, 0) is 0 Å². The molecule has 0 fully saturated rings. The number of aromatic nitrogens is 1. The molecule has 0 bridgehead atoms. The summed E-state index contributed by atoms with van der Waals surface area (Å²) in [5.74, 6) is 0.356. The molecule has 0 aliphatic rings. The third-order valence-electron chi connectivity index (χ3n) is 1.32. The molecule has 58 valence electrons. The Morgan fingerprint density at radius 3 is 2.75 bits per heavy atom. The Labute approximate surface area is 69.6 Å². The number of pyridine rings is 1. The predicted molar refractivity (Wildman–Crippen MR) is 39.9 cm³/mol. The van der Waals surface area contributed by atoms with Crippen molar-refractivity contribution in [2.75, 3.05) is 0 Å². The molecule has 0 unspecified atom stereocenters. The van der Waals surface area contributed by atoms with Crippen molar-refractivity contribution in [3.05, 3.63) is 23.5 Å². The Morgan fingerprint density at radius 1 is 1.50 bits per heavy atom. The van der Waals surface area contributed by atoms with Gasteiger partial charge in [0.1, 0.15) is 11.8 Å². The zero-order valence-corrected chi connectivity index (χ0v) is 6.40. The molecule has 0 N–H and O–H groups in total. The van der Waals surface area contributed by atoms with Gasteiger partial charge in [-0.3, -0.25) is 0 Å². The van der Waals surface area contributed by atoms with E-state index >= 15 is 0 Å². The fourth-order valence-corrected chi connectivity index (χ4v) is 0.775. The van der Waals surface area contributed by atoms with Gasteiger partial charge in [-0.15, -0.1) is 5.26 Å². The zero-order valence-electron chi connectivity index (χ0n) is 6.40. The van der Waals surface area contributed by atoms with Gasteiger partial charge in [-0.25, -0.2) is 4.98 Å². The number of rotatable bonds is 1. The van der Waals surface area contributed by atoms with Crippen molar-refractivity contribution in [2.24, 2.45) is 0 Å². The van der Waals surface area contributed by atoms with Crippen LogP contribution in [0.15, 0.2) is 12.3 Å². The molecule has 1 rings (SSSR count). The Bertz CT molecular complexity index is 373. The molecule has 4 nitrogen and oxygen atoms in total. The van der Waals surface area contributed by atoms with Crippen LogP contribution in [0, 0.1) is 29.8 Å². The monoisotopic (exact) mass is 159 g/mol. The molecule has 0 aliphatic carbocycles. The summed E-state index contributed by atoms with van der Waals surface area (Å²) < 4.78 is 4.52. The molecule has 0 amide bonds. The molecular formula is C8H5N3O. The fraction of sp³-hybridized carbons (Fsp3) is 0.125. The van der Waals surface area contributed by atoms with Crippen molar-refractivity contribution >= 4 is 0 Å². The highest BCUT2D eigenvalue weighted by molar-refractivity contribution is 5.35. The van der Waals surface area contributed by atoms with Gasteiger partial charge < -0.3 is 4.74 Å². The van der Waals surface area contributed by atoms with E-state index in [4.69, 9.17) is 10.5 Å². The Balaban J connectivity index is 3.06. The SMILES string of the molecule is Cc1cc(OC#N)cnc1C#N. The minimum Gasteiger partial charge on any atom is -0.386 e. The van der Waals surface area contributed by atoms with Crippen LogP contribution in [0.4, 0.5) is 0 Å². The summed E-state index contributed by atoms with van der Waals surface area (Å²) in [5, 5.41) is 16.7. The lowest BCUT2D eigenvalue weighted by Gasteiger charge is -1.97. The third kappa shape index (κ3) is 1.50. The van der Waals surface area contributed by atoms with Gasteiger partial charge in [0.2, 0.25) is 0 Å². The first kappa shape index (κ1) is 8.03. The van der Waals surface area contributed by atoms with Gasteiger partial charge in [0.15, 0.2) is 5.75 Å². The maximum Gasteiger partial charge on any atom is 0.292 e. The highest BCUT2D eigenvalue weighted by Crippen LogP contribution is 2.12. The van der Waals surface area contributed by atoms with E-state index in [9.17, 15) is 0 Å². The van der Waals surface area contributed by atoms with E-state index in [2.05, 4.69) is 9.72 Å². The molecule has 1 aromatic rings. The van der Waals surface area contributed by atoms with Gasteiger partial charge in [-0.05, 0) is 18.6 Å². The Morgan fingerprint density at radius 2 is 2.25 bits per heavy atom. The van der Waals surface area contributed by atoms with E-state index in [1.807, 2.05) is 6.07 Å². The van der Waals surface area contributed by atoms with E-state index in [0.717, 1.165) is 0 Å². The van der Waals surface area contributed by atoms with Crippen LogP contribution in [0.25, 0.3) is 0 Å². The summed E-state index contributed by atoms with van der Waals surface area (Å²) in [4.78, 5) is 3.78. The first-order chi connectivity index (χ1) is 5.77. The van der Waals surface area contributed by atoms with Crippen molar-refractivity contribution in [2.45, 2.75) is 6.92 Å². The summed E-state index contributed by atoms with van der Waals surface area (Å²) in [6, 6.07) is 3.51. The molecule has 4 heteroatoms. The minimum absolute atomic E-state index is 0.347. The number of nitriles is 2. The number of hydrogen-bond donors (Lipinski definition) is 0. The zero-order chi connectivity index (χ0) is 8.97. The minimum atomic E-state index is 0.347. The van der Waals surface area contributed by atoms with Crippen molar-refractivity contribution in [3.8, 4) is 18.1 Å².